The second-order valence-corrected chi connectivity index (χ2v) is 5.71. The lowest BCUT2D eigenvalue weighted by atomic mass is 10.2. The van der Waals surface area contributed by atoms with Crippen LogP contribution in [0.1, 0.15) is 16.3 Å². The van der Waals surface area contributed by atoms with Crippen LogP contribution in [-0.2, 0) is 4.79 Å². The number of carbonyl (C=O) groups is 2. The number of rotatable bonds is 5. The number of hydrogen-bond acceptors (Lipinski definition) is 5. The maximum absolute atomic E-state index is 12.0. The Labute approximate surface area is 160 Å². The lowest BCUT2D eigenvalue weighted by molar-refractivity contribution is -0.115. The van der Waals surface area contributed by atoms with Gasteiger partial charge in [-0.3, -0.25) is 14.9 Å². The van der Waals surface area contributed by atoms with Crippen molar-refractivity contribution in [3.8, 4) is 0 Å². The Kier molecular flexibility index (Phi) is 5.80. The molecule has 0 unspecified atom stereocenters. The number of thiocarbonyl (C=S) groups is 1. The van der Waals surface area contributed by atoms with Crippen LogP contribution in [0.3, 0.4) is 0 Å². The summed E-state index contributed by atoms with van der Waals surface area (Å²) in [5.41, 5.74) is 1.15. The van der Waals surface area contributed by atoms with E-state index in [2.05, 4.69) is 16.0 Å². The number of furan rings is 2. The van der Waals surface area contributed by atoms with Gasteiger partial charge >= 0.3 is 0 Å². The molecule has 7 nitrogen and oxygen atoms in total. The molecule has 0 aliphatic heterocycles. The number of nitrogens with one attached hydrogen (secondary N) is 3. The first-order valence-corrected chi connectivity index (χ1v) is 8.29. The molecule has 3 N–H and O–H groups in total. The highest BCUT2D eigenvalue weighted by atomic mass is 32.1. The summed E-state index contributed by atoms with van der Waals surface area (Å²) in [6.07, 6.45) is 5.78. The van der Waals surface area contributed by atoms with Crippen LogP contribution in [-0.4, -0.2) is 16.9 Å². The first-order valence-electron chi connectivity index (χ1n) is 7.88. The van der Waals surface area contributed by atoms with Crippen LogP contribution in [0, 0.1) is 0 Å². The van der Waals surface area contributed by atoms with E-state index in [1.165, 1.54) is 24.7 Å². The molecule has 0 saturated heterocycles. The van der Waals surface area contributed by atoms with Crippen molar-refractivity contribution >= 4 is 46.6 Å². The molecule has 2 heterocycles. The van der Waals surface area contributed by atoms with E-state index >= 15 is 0 Å². The zero-order chi connectivity index (χ0) is 19.1. The predicted molar refractivity (Wildman–Crippen MR) is 105 cm³/mol. The monoisotopic (exact) mass is 381 g/mol. The second-order valence-electron chi connectivity index (χ2n) is 5.30. The quantitative estimate of drug-likeness (QED) is 0.461. The van der Waals surface area contributed by atoms with Crippen LogP contribution < -0.4 is 16.0 Å². The van der Waals surface area contributed by atoms with Gasteiger partial charge in [0.1, 0.15) is 5.76 Å². The number of amides is 2. The standard InChI is InChI=1S/C19H15N3O4S/c23-17(9-8-15-6-2-10-25-15)22-19(27)21-14-5-1-4-13(12-14)20-18(24)16-7-3-11-26-16/h1-12H,(H,20,24)(H2,21,22,23,27). The van der Waals surface area contributed by atoms with E-state index in [0.717, 1.165) is 0 Å². The summed E-state index contributed by atoms with van der Waals surface area (Å²) in [5.74, 6) is 0.00536. The third kappa shape index (κ3) is 5.41. The fourth-order valence-electron chi connectivity index (χ4n) is 2.13. The van der Waals surface area contributed by atoms with Gasteiger partial charge in [-0.2, -0.15) is 0 Å². The van der Waals surface area contributed by atoms with Gasteiger partial charge in [0.25, 0.3) is 5.91 Å². The zero-order valence-corrected chi connectivity index (χ0v) is 14.8. The molecule has 0 aliphatic rings. The van der Waals surface area contributed by atoms with Crippen LogP contribution >= 0.6 is 12.2 Å². The molecule has 2 amide bonds. The molecule has 3 rings (SSSR count). The maximum atomic E-state index is 12.0. The number of carbonyl (C=O) groups excluding carboxylic acids is 2. The summed E-state index contributed by atoms with van der Waals surface area (Å²) in [6.45, 7) is 0. The largest absolute Gasteiger partial charge is 0.465 e. The highest BCUT2D eigenvalue weighted by molar-refractivity contribution is 7.80. The van der Waals surface area contributed by atoms with Crippen LogP contribution in [0.4, 0.5) is 11.4 Å². The smallest absolute Gasteiger partial charge is 0.291 e. The molecular weight excluding hydrogens is 366 g/mol. The first kappa shape index (κ1) is 18.2. The van der Waals surface area contributed by atoms with Crippen LogP contribution in [0.25, 0.3) is 6.08 Å². The Morgan fingerprint density at radius 3 is 2.37 bits per heavy atom. The fraction of sp³-hybridized carbons (Fsp3) is 0. The van der Waals surface area contributed by atoms with Gasteiger partial charge in [-0.05, 0) is 60.8 Å². The Bertz CT molecular complexity index is 963. The van der Waals surface area contributed by atoms with Crippen LogP contribution in [0.2, 0.25) is 0 Å². The van der Waals surface area contributed by atoms with Crippen molar-refractivity contribution in [3.63, 3.8) is 0 Å². The molecule has 0 radical (unpaired) electrons. The molecule has 0 atom stereocenters. The molecular formula is C19H15N3O4S. The van der Waals surface area contributed by atoms with Crippen LogP contribution in [0.5, 0.6) is 0 Å². The second kappa shape index (κ2) is 8.63. The minimum atomic E-state index is -0.397. The van der Waals surface area contributed by atoms with E-state index in [-0.39, 0.29) is 16.8 Å². The van der Waals surface area contributed by atoms with Gasteiger partial charge < -0.3 is 19.5 Å². The van der Waals surface area contributed by atoms with E-state index in [1.807, 2.05) is 0 Å². The van der Waals surface area contributed by atoms with Crippen molar-refractivity contribution in [2.75, 3.05) is 10.6 Å². The van der Waals surface area contributed by atoms with Gasteiger partial charge in [-0.15, -0.1) is 0 Å². The summed E-state index contributed by atoms with van der Waals surface area (Å²) in [6, 6.07) is 13.5. The van der Waals surface area contributed by atoms with Crippen molar-refractivity contribution < 1.29 is 18.4 Å². The van der Waals surface area contributed by atoms with Crippen LogP contribution in [0.15, 0.2) is 76.0 Å². The Morgan fingerprint density at radius 1 is 0.926 bits per heavy atom. The third-order valence-corrected chi connectivity index (χ3v) is 3.51. The van der Waals surface area contributed by atoms with Gasteiger partial charge in [0, 0.05) is 17.5 Å². The lowest BCUT2D eigenvalue weighted by Crippen LogP contribution is -2.32. The highest BCUT2D eigenvalue weighted by Gasteiger charge is 2.09. The van der Waals surface area contributed by atoms with E-state index in [0.29, 0.717) is 17.1 Å². The summed E-state index contributed by atoms with van der Waals surface area (Å²) in [7, 11) is 0. The maximum Gasteiger partial charge on any atom is 0.291 e. The average Bonchev–Trinajstić information content (AvgIpc) is 3.34. The minimum Gasteiger partial charge on any atom is -0.465 e. The molecule has 0 spiro atoms. The molecule has 3 aromatic rings. The normalized spacial score (nSPS) is 10.5. The van der Waals surface area contributed by atoms with Crippen molar-refractivity contribution in [1.29, 1.82) is 0 Å². The van der Waals surface area contributed by atoms with Gasteiger partial charge in [0.15, 0.2) is 10.9 Å². The van der Waals surface area contributed by atoms with E-state index in [1.54, 1.807) is 48.5 Å². The molecule has 1 aromatic carbocycles. The Morgan fingerprint density at radius 2 is 1.67 bits per heavy atom. The highest BCUT2D eigenvalue weighted by Crippen LogP contribution is 2.16. The number of hydrogen-bond donors (Lipinski definition) is 3. The Hall–Kier alpha value is -3.65. The molecule has 0 fully saturated rings. The van der Waals surface area contributed by atoms with E-state index in [9.17, 15) is 9.59 Å². The molecule has 2 aromatic heterocycles. The number of benzene rings is 1. The SMILES string of the molecule is O=C(C=Cc1ccco1)NC(=S)Nc1cccc(NC(=O)c2ccco2)c1. The molecule has 0 aliphatic carbocycles. The third-order valence-electron chi connectivity index (χ3n) is 3.30. The number of anilines is 2. The molecule has 136 valence electrons. The van der Waals surface area contributed by atoms with Gasteiger partial charge in [-0.1, -0.05) is 6.07 Å². The summed E-state index contributed by atoms with van der Waals surface area (Å²) in [4.78, 5) is 23.8. The van der Waals surface area contributed by atoms with Gasteiger partial charge in [-0.25, -0.2) is 0 Å². The summed E-state index contributed by atoms with van der Waals surface area (Å²) in [5, 5.41) is 8.24. The van der Waals surface area contributed by atoms with Crippen molar-refractivity contribution in [2.24, 2.45) is 0 Å². The van der Waals surface area contributed by atoms with E-state index in [4.69, 9.17) is 21.1 Å². The van der Waals surface area contributed by atoms with Gasteiger partial charge in [0.2, 0.25) is 5.91 Å². The topological polar surface area (TPSA) is 96.5 Å². The summed E-state index contributed by atoms with van der Waals surface area (Å²) >= 11 is 5.12. The van der Waals surface area contributed by atoms with Crippen molar-refractivity contribution in [3.05, 3.63) is 78.7 Å². The predicted octanol–water partition coefficient (Wildman–Crippen LogP) is 3.65. The average molecular weight is 381 g/mol. The molecule has 0 saturated carbocycles. The first-order chi connectivity index (χ1) is 13.1. The van der Waals surface area contributed by atoms with Gasteiger partial charge in [0.05, 0.1) is 12.5 Å². The molecule has 8 heteroatoms. The summed E-state index contributed by atoms with van der Waals surface area (Å²) < 4.78 is 10.1. The molecule has 0 bridgehead atoms. The van der Waals surface area contributed by atoms with Crippen molar-refractivity contribution in [1.82, 2.24) is 5.32 Å². The minimum absolute atomic E-state index is 0.124. The lowest BCUT2D eigenvalue weighted by Gasteiger charge is -2.10. The van der Waals surface area contributed by atoms with Crippen molar-refractivity contribution in [2.45, 2.75) is 0 Å². The Balaban J connectivity index is 1.54. The zero-order valence-electron chi connectivity index (χ0n) is 14.0. The molecule has 27 heavy (non-hydrogen) atoms. The van der Waals surface area contributed by atoms with E-state index < -0.39 is 5.91 Å². The fourth-order valence-corrected chi connectivity index (χ4v) is 2.35.